The molecule has 2 atom stereocenters. The Morgan fingerprint density at radius 3 is 2.27 bits per heavy atom. The van der Waals surface area contributed by atoms with E-state index in [-0.39, 0.29) is 18.3 Å². The molecule has 5 rings (SSSR count). The number of ketones is 1. The molecular formula is C32H33NO7S. The van der Waals surface area contributed by atoms with E-state index >= 15 is 0 Å². The average Bonchev–Trinajstić information content (AvgIpc) is 3.54. The van der Waals surface area contributed by atoms with Crippen molar-refractivity contribution in [2.24, 2.45) is 0 Å². The van der Waals surface area contributed by atoms with Gasteiger partial charge in [0.1, 0.15) is 18.1 Å². The number of rotatable bonds is 9. The molecule has 2 aromatic carbocycles. The molecule has 0 amide bonds. The molecular weight excluding hydrogens is 542 g/mol. The van der Waals surface area contributed by atoms with E-state index in [9.17, 15) is 9.59 Å². The molecule has 2 heterocycles. The number of methoxy groups -OCH3 is 4. The maximum Gasteiger partial charge on any atom is 0.337 e. The average molecular weight is 576 g/mol. The number of hydrogen-bond acceptors (Lipinski definition) is 9. The van der Waals surface area contributed by atoms with Crippen LogP contribution in [-0.2, 0) is 20.9 Å². The van der Waals surface area contributed by atoms with Crippen molar-refractivity contribution in [3.63, 3.8) is 0 Å². The van der Waals surface area contributed by atoms with E-state index in [0.29, 0.717) is 58.2 Å². The molecule has 1 aliphatic heterocycles. The summed E-state index contributed by atoms with van der Waals surface area (Å²) in [6, 6.07) is 14.9. The van der Waals surface area contributed by atoms with Gasteiger partial charge in [-0.1, -0.05) is 18.2 Å². The molecule has 0 saturated carbocycles. The van der Waals surface area contributed by atoms with Gasteiger partial charge in [-0.3, -0.25) is 4.79 Å². The second-order valence-electron chi connectivity index (χ2n) is 9.91. The van der Waals surface area contributed by atoms with Crippen molar-refractivity contribution < 1.29 is 33.3 Å². The summed E-state index contributed by atoms with van der Waals surface area (Å²) >= 11 is 1.65. The van der Waals surface area contributed by atoms with Crippen LogP contribution in [0.25, 0.3) is 0 Å². The second-order valence-corrected chi connectivity index (χ2v) is 10.9. The predicted octanol–water partition coefficient (Wildman–Crippen LogP) is 5.89. The maximum atomic E-state index is 13.9. The van der Waals surface area contributed by atoms with Gasteiger partial charge in [-0.05, 0) is 48.6 Å². The smallest absolute Gasteiger partial charge is 0.337 e. The topological polar surface area (TPSA) is 92.3 Å². The molecule has 1 aliphatic carbocycles. The Morgan fingerprint density at radius 2 is 1.63 bits per heavy atom. The Balaban J connectivity index is 1.58. The minimum Gasteiger partial charge on any atom is -0.497 e. The molecule has 0 fully saturated rings. The van der Waals surface area contributed by atoms with Crippen LogP contribution >= 0.6 is 11.3 Å². The highest BCUT2D eigenvalue weighted by atomic mass is 32.1. The van der Waals surface area contributed by atoms with Crippen LogP contribution < -0.4 is 24.3 Å². The lowest BCUT2D eigenvalue weighted by molar-refractivity contribution is -0.140. The summed E-state index contributed by atoms with van der Waals surface area (Å²) in [5.74, 6) is 0.939. The first-order valence-corrected chi connectivity index (χ1v) is 14.1. The molecule has 214 valence electrons. The van der Waals surface area contributed by atoms with Crippen LogP contribution in [0.15, 0.2) is 76.5 Å². The van der Waals surface area contributed by atoms with E-state index in [2.05, 4.69) is 11.4 Å². The molecule has 1 N–H and O–H groups in total. The first kappa shape index (κ1) is 28.3. The van der Waals surface area contributed by atoms with Crippen molar-refractivity contribution in [3.8, 4) is 23.0 Å². The van der Waals surface area contributed by atoms with Crippen molar-refractivity contribution in [1.29, 1.82) is 0 Å². The normalized spacial score (nSPS) is 18.4. The molecule has 0 bridgehead atoms. The van der Waals surface area contributed by atoms with Gasteiger partial charge < -0.3 is 29.0 Å². The number of Topliss-reactive ketones (excluding diaryl/α,β-unsaturated/α-hetero) is 1. The lowest BCUT2D eigenvalue weighted by Gasteiger charge is -2.37. The zero-order valence-electron chi connectivity index (χ0n) is 23.7. The number of esters is 1. The van der Waals surface area contributed by atoms with E-state index in [1.165, 1.54) is 4.88 Å². The van der Waals surface area contributed by atoms with Crippen LogP contribution in [0.2, 0.25) is 0 Å². The number of ether oxygens (including phenoxy) is 5. The number of dihydropyridines is 1. The molecule has 9 heteroatoms. The predicted molar refractivity (Wildman–Crippen MR) is 156 cm³/mol. The number of thiophene rings is 1. The fraction of sp³-hybridized carbons (Fsp3) is 0.312. The van der Waals surface area contributed by atoms with Gasteiger partial charge >= 0.3 is 5.97 Å². The van der Waals surface area contributed by atoms with Gasteiger partial charge in [0, 0.05) is 45.8 Å². The van der Waals surface area contributed by atoms with Crippen molar-refractivity contribution in [2.45, 2.75) is 38.2 Å². The van der Waals surface area contributed by atoms with Gasteiger partial charge in [0.15, 0.2) is 17.3 Å². The number of hydrogen-bond donors (Lipinski definition) is 1. The highest BCUT2D eigenvalue weighted by Gasteiger charge is 2.43. The van der Waals surface area contributed by atoms with Crippen LogP contribution in [-0.4, -0.2) is 40.2 Å². The minimum atomic E-state index is -0.721. The molecule has 0 spiro atoms. The van der Waals surface area contributed by atoms with Gasteiger partial charge in [0.05, 0.1) is 39.9 Å². The summed E-state index contributed by atoms with van der Waals surface area (Å²) in [6.07, 6.45) is 1.000. The fourth-order valence-electron chi connectivity index (χ4n) is 5.57. The van der Waals surface area contributed by atoms with Gasteiger partial charge in [-0.25, -0.2) is 4.79 Å². The summed E-state index contributed by atoms with van der Waals surface area (Å²) in [4.78, 5) is 28.9. The molecule has 1 aromatic heterocycles. The van der Waals surface area contributed by atoms with Crippen LogP contribution in [0.3, 0.4) is 0 Å². The van der Waals surface area contributed by atoms with Gasteiger partial charge in [-0.15, -0.1) is 11.3 Å². The van der Waals surface area contributed by atoms with Crippen LogP contribution in [0, 0.1) is 0 Å². The minimum absolute atomic E-state index is 0.0213. The molecule has 8 nitrogen and oxygen atoms in total. The highest BCUT2D eigenvalue weighted by molar-refractivity contribution is 7.10. The Morgan fingerprint density at radius 1 is 0.927 bits per heavy atom. The van der Waals surface area contributed by atoms with Crippen LogP contribution in [0.4, 0.5) is 0 Å². The first-order valence-electron chi connectivity index (χ1n) is 13.3. The fourth-order valence-corrected chi connectivity index (χ4v) is 6.40. The highest BCUT2D eigenvalue weighted by Crippen LogP contribution is 2.50. The first-order chi connectivity index (χ1) is 19.9. The maximum absolute atomic E-state index is 13.9. The number of carbonyl (C=O) groups is 2. The van der Waals surface area contributed by atoms with E-state index in [1.54, 1.807) is 51.9 Å². The third-order valence-corrected chi connectivity index (χ3v) is 8.60. The summed E-state index contributed by atoms with van der Waals surface area (Å²) in [7, 11) is 6.24. The lowest BCUT2D eigenvalue weighted by atomic mass is 9.72. The van der Waals surface area contributed by atoms with E-state index in [4.69, 9.17) is 23.7 Å². The second kappa shape index (κ2) is 12.1. The zero-order valence-corrected chi connectivity index (χ0v) is 24.6. The molecule has 0 radical (unpaired) electrons. The zero-order chi connectivity index (χ0) is 29.1. The molecule has 3 aromatic rings. The van der Waals surface area contributed by atoms with Crippen LogP contribution in [0.5, 0.6) is 23.0 Å². The van der Waals surface area contributed by atoms with Gasteiger partial charge in [0.2, 0.25) is 0 Å². The summed E-state index contributed by atoms with van der Waals surface area (Å²) in [5, 5.41) is 5.43. The van der Waals surface area contributed by atoms with Crippen molar-refractivity contribution in [3.05, 3.63) is 92.5 Å². The van der Waals surface area contributed by atoms with Gasteiger partial charge in [-0.2, -0.15) is 0 Å². The third-order valence-electron chi connectivity index (χ3n) is 7.57. The van der Waals surface area contributed by atoms with E-state index in [0.717, 1.165) is 11.3 Å². The molecule has 0 unspecified atom stereocenters. The largest absolute Gasteiger partial charge is 0.497 e. The van der Waals surface area contributed by atoms with Crippen LogP contribution in [0.1, 0.15) is 47.6 Å². The van der Waals surface area contributed by atoms with Crippen molar-refractivity contribution >= 4 is 23.1 Å². The standard InChI is InChI=1S/C32H33NO7S/c1-18-29(32(35)40-17-19-8-10-21(36-2)11-9-19)30(22-15-26(38-4)27(39-5)16-25(22)37-3)31-23(33-18)13-20(14-24(31)34)28-7-6-12-41-28/h6-12,15-16,20,30,33H,13-14,17H2,1-5H3/t20-,30-/m0/s1. The number of allylic oxidation sites excluding steroid dienone is 3. The number of benzene rings is 2. The lowest BCUT2D eigenvalue weighted by Crippen LogP contribution is -2.36. The van der Waals surface area contributed by atoms with Gasteiger partial charge in [0.25, 0.3) is 0 Å². The van der Waals surface area contributed by atoms with Crippen molar-refractivity contribution in [2.75, 3.05) is 28.4 Å². The summed E-state index contributed by atoms with van der Waals surface area (Å²) < 4.78 is 27.9. The monoisotopic (exact) mass is 575 g/mol. The third kappa shape index (κ3) is 5.54. The van der Waals surface area contributed by atoms with E-state index < -0.39 is 11.9 Å². The molecule has 2 aliphatic rings. The van der Waals surface area contributed by atoms with Crippen molar-refractivity contribution in [1.82, 2.24) is 5.32 Å². The Hall–Kier alpha value is -4.24. The number of nitrogens with one attached hydrogen (secondary N) is 1. The summed E-state index contributed by atoms with van der Waals surface area (Å²) in [5.41, 5.74) is 3.78. The molecule has 41 heavy (non-hydrogen) atoms. The Labute approximate surface area is 243 Å². The van der Waals surface area contributed by atoms with E-state index in [1.807, 2.05) is 42.6 Å². The Kier molecular flexibility index (Phi) is 8.35. The SMILES string of the molecule is COc1ccc(COC(=O)C2=C(C)NC3=C(C(=O)C[C@@H](c4cccs4)C3)[C@H]2c2cc(OC)c(OC)cc2OC)cc1. The number of carbonyl (C=O) groups excluding carboxylic acids is 2. The summed E-state index contributed by atoms with van der Waals surface area (Å²) in [6.45, 7) is 1.91. The quantitative estimate of drug-likeness (QED) is 0.316. The molecule has 0 saturated heterocycles. The Bertz CT molecular complexity index is 1510.